The minimum atomic E-state index is 0.0464. The summed E-state index contributed by atoms with van der Waals surface area (Å²) >= 11 is 0. The standard InChI is InChI=1S/C27H39N7O/c1-19-16-22(35)31-24-23(19)26(29-18-28-24)33-12-6-20(7-13-33)25-30-21(27(2)8-5-9-27)17-34(25)15-14-32-10-3-4-11-32/h17-20H,3-16H2,1-2H3,(H,28,29,31,35)/t19-/m1/s1. The van der Waals surface area contributed by atoms with Crippen LogP contribution in [0, 0.1) is 0 Å². The van der Waals surface area contributed by atoms with Crippen LogP contribution < -0.4 is 10.2 Å². The first kappa shape index (κ1) is 23.0. The van der Waals surface area contributed by atoms with E-state index < -0.39 is 0 Å². The Hall–Kier alpha value is -2.48. The van der Waals surface area contributed by atoms with Gasteiger partial charge < -0.3 is 19.7 Å². The lowest BCUT2D eigenvalue weighted by atomic mass is 9.68. The predicted molar refractivity (Wildman–Crippen MR) is 137 cm³/mol. The second-order valence-electron chi connectivity index (χ2n) is 11.5. The highest BCUT2D eigenvalue weighted by atomic mass is 16.1. The average Bonchev–Trinajstić information content (AvgIpc) is 3.51. The third-order valence-corrected chi connectivity index (χ3v) is 9.00. The van der Waals surface area contributed by atoms with Gasteiger partial charge in [-0.25, -0.2) is 15.0 Å². The van der Waals surface area contributed by atoms with E-state index >= 15 is 0 Å². The molecule has 8 nitrogen and oxygen atoms in total. The van der Waals surface area contributed by atoms with Crippen LogP contribution in [0.15, 0.2) is 12.5 Å². The number of nitrogens with one attached hydrogen (secondary N) is 1. The Balaban J connectivity index is 1.20. The first-order chi connectivity index (χ1) is 17.0. The van der Waals surface area contributed by atoms with Crippen LogP contribution in [-0.2, 0) is 16.8 Å². The molecule has 0 spiro atoms. The number of rotatable bonds is 6. The molecule has 1 N–H and O–H groups in total. The highest BCUT2D eigenvalue weighted by molar-refractivity contribution is 5.94. The van der Waals surface area contributed by atoms with Gasteiger partial charge in [0.05, 0.1) is 5.69 Å². The quantitative estimate of drug-likeness (QED) is 0.677. The molecule has 188 valence electrons. The van der Waals surface area contributed by atoms with Gasteiger partial charge in [0.2, 0.25) is 5.91 Å². The molecule has 0 radical (unpaired) electrons. The first-order valence-corrected chi connectivity index (χ1v) is 13.7. The fourth-order valence-electron chi connectivity index (χ4n) is 6.55. The Labute approximate surface area is 208 Å². The van der Waals surface area contributed by atoms with Gasteiger partial charge in [0.15, 0.2) is 0 Å². The Bertz CT molecular complexity index is 1080. The highest BCUT2D eigenvalue weighted by Gasteiger charge is 2.38. The van der Waals surface area contributed by atoms with Gasteiger partial charge in [-0.05, 0) is 57.5 Å². The van der Waals surface area contributed by atoms with Crippen molar-refractivity contribution in [3.05, 3.63) is 29.6 Å². The lowest BCUT2D eigenvalue weighted by Crippen LogP contribution is -2.36. The number of imidazole rings is 1. The van der Waals surface area contributed by atoms with Crippen LogP contribution in [0.1, 0.15) is 94.1 Å². The number of fused-ring (bicyclic) bond motifs is 1. The summed E-state index contributed by atoms with van der Waals surface area (Å²) in [5, 5.41) is 2.94. The monoisotopic (exact) mass is 477 g/mol. The number of anilines is 2. The van der Waals surface area contributed by atoms with Crippen molar-refractivity contribution < 1.29 is 4.79 Å². The lowest BCUT2D eigenvalue weighted by Gasteiger charge is -2.37. The smallest absolute Gasteiger partial charge is 0.226 e. The van der Waals surface area contributed by atoms with E-state index in [1.807, 2.05) is 0 Å². The second kappa shape index (κ2) is 9.19. The van der Waals surface area contributed by atoms with E-state index in [9.17, 15) is 4.79 Å². The summed E-state index contributed by atoms with van der Waals surface area (Å²) in [6, 6.07) is 0. The third kappa shape index (κ3) is 4.34. The zero-order chi connectivity index (χ0) is 24.0. The molecule has 2 saturated heterocycles. The largest absolute Gasteiger partial charge is 0.356 e. The van der Waals surface area contributed by atoms with Crippen LogP contribution in [0.3, 0.4) is 0 Å². The summed E-state index contributed by atoms with van der Waals surface area (Å²) in [7, 11) is 0. The highest BCUT2D eigenvalue weighted by Crippen LogP contribution is 2.44. The van der Waals surface area contributed by atoms with Crippen LogP contribution in [0.5, 0.6) is 0 Å². The van der Waals surface area contributed by atoms with Crippen molar-refractivity contribution in [1.82, 2.24) is 24.4 Å². The molecular formula is C27H39N7O. The molecule has 2 aromatic rings. The maximum absolute atomic E-state index is 12.0. The van der Waals surface area contributed by atoms with Crippen molar-refractivity contribution >= 4 is 17.5 Å². The molecule has 5 heterocycles. The van der Waals surface area contributed by atoms with E-state index in [4.69, 9.17) is 4.98 Å². The number of hydrogen-bond donors (Lipinski definition) is 1. The molecule has 3 fully saturated rings. The van der Waals surface area contributed by atoms with Crippen molar-refractivity contribution in [3.63, 3.8) is 0 Å². The molecule has 1 saturated carbocycles. The number of piperidine rings is 1. The number of aromatic nitrogens is 4. The Morgan fingerprint density at radius 3 is 2.54 bits per heavy atom. The minimum Gasteiger partial charge on any atom is -0.356 e. The second-order valence-corrected chi connectivity index (χ2v) is 11.5. The topological polar surface area (TPSA) is 79.2 Å². The SMILES string of the molecule is C[C@@H]1CC(=O)Nc2ncnc(N3CCC(c4nc(C5(C)CCC5)cn4CCN4CCCC4)CC3)c21. The van der Waals surface area contributed by atoms with Gasteiger partial charge in [-0.1, -0.05) is 20.3 Å². The van der Waals surface area contributed by atoms with E-state index in [1.54, 1.807) is 6.33 Å². The first-order valence-electron chi connectivity index (χ1n) is 13.7. The maximum atomic E-state index is 12.0. The Morgan fingerprint density at radius 1 is 1.06 bits per heavy atom. The van der Waals surface area contributed by atoms with Crippen molar-refractivity contribution in [2.24, 2.45) is 0 Å². The van der Waals surface area contributed by atoms with Crippen molar-refractivity contribution in [2.75, 3.05) is 42.9 Å². The van der Waals surface area contributed by atoms with Crippen LogP contribution >= 0.6 is 0 Å². The average molecular weight is 478 g/mol. The van der Waals surface area contributed by atoms with E-state index in [0.29, 0.717) is 18.2 Å². The number of amides is 1. The van der Waals surface area contributed by atoms with Crippen LogP contribution in [-0.4, -0.2) is 63.0 Å². The fraction of sp³-hybridized carbons (Fsp3) is 0.704. The molecule has 1 aliphatic carbocycles. The number of hydrogen-bond acceptors (Lipinski definition) is 6. The molecule has 4 aliphatic rings. The number of likely N-dealkylation sites (tertiary alicyclic amines) is 1. The predicted octanol–water partition coefficient (Wildman–Crippen LogP) is 4.04. The van der Waals surface area contributed by atoms with Crippen LogP contribution in [0.25, 0.3) is 0 Å². The number of nitrogens with zero attached hydrogens (tertiary/aromatic N) is 6. The van der Waals surface area contributed by atoms with Gasteiger partial charge in [0.1, 0.15) is 23.8 Å². The van der Waals surface area contributed by atoms with Crippen LogP contribution in [0.2, 0.25) is 0 Å². The summed E-state index contributed by atoms with van der Waals surface area (Å²) in [5.41, 5.74) is 2.68. The van der Waals surface area contributed by atoms with E-state index in [0.717, 1.165) is 50.4 Å². The van der Waals surface area contributed by atoms with E-state index in [1.165, 1.54) is 56.7 Å². The molecular weight excluding hydrogens is 438 g/mol. The summed E-state index contributed by atoms with van der Waals surface area (Å²) in [6.07, 6.45) is 13.2. The van der Waals surface area contributed by atoms with Gasteiger partial charge in [-0.3, -0.25) is 4.79 Å². The normalized spacial score (nSPS) is 24.8. The van der Waals surface area contributed by atoms with Crippen LogP contribution in [0.4, 0.5) is 11.6 Å². The molecule has 35 heavy (non-hydrogen) atoms. The molecule has 0 aromatic carbocycles. The molecule has 1 atom stereocenters. The van der Waals surface area contributed by atoms with Gasteiger partial charge >= 0.3 is 0 Å². The zero-order valence-corrected chi connectivity index (χ0v) is 21.3. The zero-order valence-electron chi connectivity index (χ0n) is 21.3. The van der Waals surface area contributed by atoms with E-state index in [2.05, 4.69) is 49.7 Å². The molecule has 2 aromatic heterocycles. The van der Waals surface area contributed by atoms with Gasteiger partial charge in [-0.15, -0.1) is 0 Å². The molecule has 3 aliphatic heterocycles. The molecule has 8 heteroatoms. The Kier molecular flexibility index (Phi) is 6.03. The summed E-state index contributed by atoms with van der Waals surface area (Å²) < 4.78 is 2.50. The number of carbonyl (C=O) groups excluding carboxylic acids is 1. The molecule has 0 unspecified atom stereocenters. The fourth-order valence-corrected chi connectivity index (χ4v) is 6.55. The third-order valence-electron chi connectivity index (χ3n) is 9.00. The summed E-state index contributed by atoms with van der Waals surface area (Å²) in [4.78, 5) is 31.3. The minimum absolute atomic E-state index is 0.0464. The maximum Gasteiger partial charge on any atom is 0.226 e. The van der Waals surface area contributed by atoms with Gasteiger partial charge in [-0.2, -0.15) is 0 Å². The summed E-state index contributed by atoms with van der Waals surface area (Å²) in [5.74, 6) is 3.67. The molecule has 1 amide bonds. The van der Waals surface area contributed by atoms with Crippen molar-refractivity contribution in [3.8, 4) is 0 Å². The lowest BCUT2D eigenvalue weighted by molar-refractivity contribution is -0.116. The van der Waals surface area contributed by atoms with Crippen molar-refractivity contribution in [2.45, 2.75) is 89.0 Å². The molecule has 0 bridgehead atoms. The number of carbonyl (C=O) groups is 1. The Morgan fingerprint density at radius 2 is 1.83 bits per heavy atom. The van der Waals surface area contributed by atoms with Gasteiger partial charge in [0.25, 0.3) is 0 Å². The van der Waals surface area contributed by atoms with Gasteiger partial charge in [0, 0.05) is 55.7 Å². The summed E-state index contributed by atoms with van der Waals surface area (Å²) in [6.45, 7) is 11.1. The van der Waals surface area contributed by atoms with Crippen molar-refractivity contribution in [1.29, 1.82) is 0 Å². The molecule has 6 rings (SSSR count). The van der Waals surface area contributed by atoms with E-state index in [-0.39, 0.29) is 17.2 Å².